The van der Waals surface area contributed by atoms with Crippen molar-refractivity contribution in [2.24, 2.45) is 5.92 Å². The molecule has 1 saturated carbocycles. The Balaban J connectivity index is 1.54. The Kier molecular flexibility index (Phi) is 5.04. The summed E-state index contributed by atoms with van der Waals surface area (Å²) in [7, 11) is 3.87. The summed E-state index contributed by atoms with van der Waals surface area (Å²) >= 11 is 0. The summed E-state index contributed by atoms with van der Waals surface area (Å²) < 4.78 is 13.8. The number of methoxy groups -OCH3 is 1. The van der Waals surface area contributed by atoms with Crippen molar-refractivity contribution in [2.45, 2.75) is 57.5 Å². The van der Waals surface area contributed by atoms with Crippen molar-refractivity contribution >= 4 is 10.9 Å². The van der Waals surface area contributed by atoms with E-state index in [4.69, 9.17) is 14.2 Å². The van der Waals surface area contributed by atoms with Gasteiger partial charge in [-0.3, -0.25) is 4.90 Å². The highest BCUT2D eigenvalue weighted by Crippen LogP contribution is 2.37. The number of likely N-dealkylation sites (tertiary alicyclic amines) is 1. The predicted octanol–water partition coefficient (Wildman–Crippen LogP) is 5.05. The van der Waals surface area contributed by atoms with Crippen LogP contribution in [0.3, 0.4) is 0 Å². The van der Waals surface area contributed by atoms with Crippen LogP contribution in [0.5, 0.6) is 5.75 Å². The van der Waals surface area contributed by atoms with Gasteiger partial charge in [-0.2, -0.15) is 4.98 Å². The predicted molar refractivity (Wildman–Crippen MR) is 113 cm³/mol. The molecule has 0 spiro atoms. The van der Waals surface area contributed by atoms with Crippen molar-refractivity contribution in [1.29, 1.82) is 0 Å². The van der Waals surface area contributed by atoms with Crippen molar-refractivity contribution in [3.63, 3.8) is 0 Å². The van der Waals surface area contributed by atoms with Crippen LogP contribution in [0.4, 0.5) is 0 Å². The van der Waals surface area contributed by atoms with Gasteiger partial charge in [-0.1, -0.05) is 36.6 Å². The van der Waals surface area contributed by atoms with Crippen LogP contribution in [0.1, 0.15) is 56.9 Å². The first-order valence-electron chi connectivity index (χ1n) is 10.9. The molecule has 0 amide bonds. The van der Waals surface area contributed by atoms with E-state index in [0.717, 1.165) is 53.5 Å². The molecule has 2 aliphatic rings. The van der Waals surface area contributed by atoms with Gasteiger partial charge in [0.2, 0.25) is 11.7 Å². The molecule has 1 unspecified atom stereocenters. The second kappa shape index (κ2) is 7.82. The lowest BCUT2D eigenvalue weighted by Gasteiger charge is -2.22. The van der Waals surface area contributed by atoms with Gasteiger partial charge in [0.15, 0.2) is 0 Å². The average Bonchev–Trinajstić information content (AvgIpc) is 3.47. The normalized spacial score (nSPS) is 21.2. The number of nitrogens with zero attached hydrogens (tertiary/aromatic N) is 4. The van der Waals surface area contributed by atoms with Crippen LogP contribution in [0, 0.1) is 5.92 Å². The largest absolute Gasteiger partial charge is 0.495 e. The third-order valence-electron chi connectivity index (χ3n) is 6.75. The minimum absolute atomic E-state index is 0.237. The maximum atomic E-state index is 5.72. The Bertz CT molecular complexity index is 986. The number of para-hydroxylation sites is 1. The van der Waals surface area contributed by atoms with E-state index >= 15 is 0 Å². The summed E-state index contributed by atoms with van der Waals surface area (Å²) in [6.45, 7) is 2.10. The second-order valence-corrected chi connectivity index (χ2v) is 8.65. The minimum atomic E-state index is 0.237. The van der Waals surface area contributed by atoms with Gasteiger partial charge in [0, 0.05) is 23.7 Å². The molecule has 3 aromatic rings. The van der Waals surface area contributed by atoms with Crippen molar-refractivity contribution in [3.05, 3.63) is 30.3 Å². The van der Waals surface area contributed by atoms with Gasteiger partial charge in [-0.15, -0.1) is 0 Å². The molecule has 29 heavy (non-hydrogen) atoms. The Labute approximate surface area is 171 Å². The zero-order valence-corrected chi connectivity index (χ0v) is 17.4. The fraction of sp³-hybridized carbons (Fsp3) is 0.565. The lowest BCUT2D eigenvalue weighted by molar-refractivity contribution is 0.245. The fourth-order valence-electron chi connectivity index (χ4n) is 5.16. The van der Waals surface area contributed by atoms with E-state index in [2.05, 4.69) is 33.9 Å². The molecule has 1 aliphatic carbocycles. The van der Waals surface area contributed by atoms with Crippen LogP contribution in [0.2, 0.25) is 0 Å². The lowest BCUT2D eigenvalue weighted by atomic mass is 9.89. The number of hydrogen-bond acceptors (Lipinski definition) is 5. The van der Waals surface area contributed by atoms with Crippen molar-refractivity contribution < 1.29 is 9.26 Å². The third kappa shape index (κ3) is 3.44. The van der Waals surface area contributed by atoms with Gasteiger partial charge in [0.05, 0.1) is 18.7 Å². The molecule has 3 heterocycles. The fourth-order valence-corrected chi connectivity index (χ4v) is 5.16. The monoisotopic (exact) mass is 394 g/mol. The van der Waals surface area contributed by atoms with Crippen molar-refractivity contribution in [3.8, 4) is 17.1 Å². The maximum Gasteiger partial charge on any atom is 0.244 e. The molecular weight excluding hydrogens is 364 g/mol. The molecule has 1 aliphatic heterocycles. The lowest BCUT2D eigenvalue weighted by Crippen LogP contribution is -2.17. The highest BCUT2D eigenvalue weighted by atomic mass is 16.5. The second-order valence-electron chi connectivity index (χ2n) is 8.65. The van der Waals surface area contributed by atoms with Gasteiger partial charge in [0.1, 0.15) is 5.75 Å². The molecule has 0 radical (unpaired) electrons. The smallest absolute Gasteiger partial charge is 0.244 e. The van der Waals surface area contributed by atoms with Gasteiger partial charge in [0.25, 0.3) is 0 Å². The highest BCUT2D eigenvalue weighted by molar-refractivity contribution is 5.97. The standard InChI is InChI=1S/C23H30N4O2/c1-26-13-7-11-19(26)23-24-22(25-29-23)18-15-27(14-16-8-4-3-5-9-16)21-17(18)10-6-12-20(21)28-2/h6,10,12,15-16,19H,3-5,7-9,11,13-14H2,1-2H3. The number of benzene rings is 1. The number of ether oxygens (including phenoxy) is 1. The Morgan fingerprint density at radius 3 is 2.76 bits per heavy atom. The first kappa shape index (κ1) is 18.7. The molecular formula is C23H30N4O2. The van der Waals surface area contributed by atoms with Crippen LogP contribution in [-0.2, 0) is 6.54 Å². The van der Waals surface area contributed by atoms with E-state index in [0.29, 0.717) is 5.82 Å². The van der Waals surface area contributed by atoms with Gasteiger partial charge in [-0.05, 0) is 51.3 Å². The summed E-state index contributed by atoms with van der Waals surface area (Å²) in [6.07, 6.45) is 11.1. The van der Waals surface area contributed by atoms with Crippen molar-refractivity contribution in [2.75, 3.05) is 20.7 Å². The quantitative estimate of drug-likeness (QED) is 0.606. The number of fused-ring (bicyclic) bond motifs is 1. The van der Waals surface area contributed by atoms with Gasteiger partial charge in [-0.25, -0.2) is 0 Å². The van der Waals surface area contributed by atoms with Crippen molar-refractivity contribution in [1.82, 2.24) is 19.6 Å². The minimum Gasteiger partial charge on any atom is -0.495 e. The van der Waals surface area contributed by atoms with Gasteiger partial charge >= 0.3 is 0 Å². The molecule has 0 N–H and O–H groups in total. The first-order valence-corrected chi connectivity index (χ1v) is 10.9. The molecule has 1 aromatic carbocycles. The maximum absolute atomic E-state index is 5.72. The van der Waals surface area contributed by atoms with E-state index in [1.165, 1.54) is 38.5 Å². The van der Waals surface area contributed by atoms with E-state index < -0.39 is 0 Å². The van der Waals surface area contributed by atoms with E-state index in [1.807, 2.05) is 12.1 Å². The number of hydrogen-bond donors (Lipinski definition) is 0. The van der Waals surface area contributed by atoms with E-state index in [9.17, 15) is 0 Å². The van der Waals surface area contributed by atoms with E-state index in [1.54, 1.807) is 7.11 Å². The first-order chi connectivity index (χ1) is 14.2. The molecule has 5 rings (SSSR count). The van der Waals surface area contributed by atoms with Crippen LogP contribution < -0.4 is 4.74 Å². The average molecular weight is 395 g/mol. The topological polar surface area (TPSA) is 56.3 Å². The molecule has 6 heteroatoms. The molecule has 2 aromatic heterocycles. The summed E-state index contributed by atoms with van der Waals surface area (Å²) in [5.41, 5.74) is 2.17. The van der Waals surface area contributed by atoms with Crippen LogP contribution in [-0.4, -0.2) is 40.3 Å². The third-order valence-corrected chi connectivity index (χ3v) is 6.75. The highest BCUT2D eigenvalue weighted by Gasteiger charge is 2.29. The Morgan fingerprint density at radius 1 is 1.14 bits per heavy atom. The van der Waals surface area contributed by atoms with Crippen LogP contribution in [0.15, 0.2) is 28.9 Å². The summed E-state index contributed by atoms with van der Waals surface area (Å²) in [5, 5.41) is 5.50. The molecule has 6 nitrogen and oxygen atoms in total. The molecule has 0 bridgehead atoms. The molecule has 154 valence electrons. The Hall–Kier alpha value is -2.34. The zero-order chi connectivity index (χ0) is 19.8. The summed E-state index contributed by atoms with van der Waals surface area (Å²) in [5.74, 6) is 3.05. The molecule has 1 atom stereocenters. The SMILES string of the molecule is COc1cccc2c(-c3noc(C4CCCN4C)n3)cn(CC3CCCCC3)c12. The van der Waals surface area contributed by atoms with Crippen LogP contribution in [0.25, 0.3) is 22.3 Å². The molecule has 2 fully saturated rings. The number of rotatable bonds is 5. The summed E-state index contributed by atoms with van der Waals surface area (Å²) in [4.78, 5) is 7.10. The van der Waals surface area contributed by atoms with E-state index in [-0.39, 0.29) is 6.04 Å². The molecule has 1 saturated heterocycles. The van der Waals surface area contributed by atoms with Gasteiger partial charge < -0.3 is 13.8 Å². The summed E-state index contributed by atoms with van der Waals surface area (Å²) in [6, 6.07) is 6.46. The number of aromatic nitrogens is 3. The van der Waals surface area contributed by atoms with Crippen LogP contribution >= 0.6 is 0 Å². The zero-order valence-electron chi connectivity index (χ0n) is 17.4. The Morgan fingerprint density at radius 2 is 2.00 bits per heavy atom.